The van der Waals surface area contributed by atoms with Crippen molar-refractivity contribution in [3.8, 4) is 5.75 Å². The predicted octanol–water partition coefficient (Wildman–Crippen LogP) is 3.50. The monoisotopic (exact) mass is 306 g/mol. The Labute approximate surface area is 125 Å². The van der Waals surface area contributed by atoms with E-state index in [9.17, 15) is 15.2 Å². The van der Waals surface area contributed by atoms with Gasteiger partial charge in [0.15, 0.2) is 0 Å². The van der Waals surface area contributed by atoms with Gasteiger partial charge in [0.2, 0.25) is 0 Å². The van der Waals surface area contributed by atoms with Gasteiger partial charge in [-0.1, -0.05) is 28.9 Å². The van der Waals surface area contributed by atoms with Gasteiger partial charge in [0, 0.05) is 22.7 Å². The van der Waals surface area contributed by atoms with Gasteiger partial charge in [0.25, 0.3) is 5.69 Å². The van der Waals surface area contributed by atoms with Gasteiger partial charge in [-0.3, -0.25) is 10.1 Å². The molecule has 108 valence electrons. The highest BCUT2D eigenvalue weighted by Gasteiger charge is 2.05. The number of phenols is 1. The van der Waals surface area contributed by atoms with Crippen molar-refractivity contribution in [1.29, 1.82) is 0 Å². The molecule has 0 aliphatic heterocycles. The van der Waals surface area contributed by atoms with Crippen LogP contribution in [0.4, 0.5) is 5.69 Å². The number of non-ortho nitro benzene ring substituents is 1. The molecule has 0 aliphatic rings. The van der Waals surface area contributed by atoms with Crippen molar-refractivity contribution in [3.63, 3.8) is 0 Å². The van der Waals surface area contributed by atoms with Gasteiger partial charge in [-0.2, -0.15) is 0 Å². The SMILES string of the molecule is O=[N+]([O-])c1cccc(CO/N=C/c2cc(Cl)ccc2O)c1. The zero-order chi connectivity index (χ0) is 15.2. The molecule has 0 aliphatic carbocycles. The van der Waals surface area contributed by atoms with Gasteiger partial charge in [0.1, 0.15) is 12.4 Å². The maximum Gasteiger partial charge on any atom is 0.269 e. The molecular formula is C14H11ClN2O4. The number of benzene rings is 2. The van der Waals surface area contributed by atoms with Crippen LogP contribution in [0.15, 0.2) is 47.6 Å². The average molecular weight is 307 g/mol. The molecule has 0 amide bonds. The maximum atomic E-state index is 10.6. The molecular weight excluding hydrogens is 296 g/mol. The van der Waals surface area contributed by atoms with E-state index in [0.717, 1.165) is 0 Å². The number of rotatable bonds is 5. The van der Waals surface area contributed by atoms with Gasteiger partial charge in [0.05, 0.1) is 11.1 Å². The summed E-state index contributed by atoms with van der Waals surface area (Å²) in [4.78, 5) is 15.2. The largest absolute Gasteiger partial charge is 0.507 e. The molecule has 0 atom stereocenters. The quantitative estimate of drug-likeness (QED) is 0.520. The van der Waals surface area contributed by atoms with Crippen LogP contribution in [0.25, 0.3) is 0 Å². The van der Waals surface area contributed by atoms with Gasteiger partial charge in [-0.15, -0.1) is 0 Å². The summed E-state index contributed by atoms with van der Waals surface area (Å²) in [5.74, 6) is 0.0297. The van der Waals surface area contributed by atoms with Crippen LogP contribution in [0.1, 0.15) is 11.1 Å². The van der Waals surface area contributed by atoms with Crippen molar-refractivity contribution in [2.45, 2.75) is 6.61 Å². The minimum absolute atomic E-state index is 0.00688. The molecule has 0 fully saturated rings. The highest BCUT2D eigenvalue weighted by molar-refractivity contribution is 6.30. The van der Waals surface area contributed by atoms with Crippen LogP contribution >= 0.6 is 11.6 Å². The summed E-state index contributed by atoms with van der Waals surface area (Å²) in [5, 5.41) is 24.4. The number of nitrogens with zero attached hydrogens (tertiary/aromatic N) is 2. The highest BCUT2D eigenvalue weighted by Crippen LogP contribution is 2.19. The topological polar surface area (TPSA) is 85.0 Å². The molecule has 0 saturated carbocycles. The number of nitro benzene ring substituents is 1. The fourth-order valence-corrected chi connectivity index (χ4v) is 1.77. The first-order chi connectivity index (χ1) is 10.1. The maximum absolute atomic E-state index is 10.6. The summed E-state index contributed by atoms with van der Waals surface area (Å²) in [6, 6.07) is 10.6. The molecule has 21 heavy (non-hydrogen) atoms. The van der Waals surface area contributed by atoms with E-state index in [2.05, 4.69) is 5.16 Å². The van der Waals surface area contributed by atoms with Crippen LogP contribution in [0, 0.1) is 10.1 Å². The molecule has 1 N–H and O–H groups in total. The van der Waals surface area contributed by atoms with Crippen molar-refractivity contribution in [1.82, 2.24) is 0 Å². The summed E-state index contributed by atoms with van der Waals surface area (Å²) in [6.45, 7) is 0.0828. The Morgan fingerprint density at radius 2 is 2.14 bits per heavy atom. The minimum Gasteiger partial charge on any atom is -0.507 e. The third kappa shape index (κ3) is 4.19. The number of halogens is 1. The molecule has 0 spiro atoms. The molecule has 2 aromatic carbocycles. The first-order valence-corrected chi connectivity index (χ1v) is 6.31. The van der Waals surface area contributed by atoms with Gasteiger partial charge in [-0.05, 0) is 23.8 Å². The lowest BCUT2D eigenvalue weighted by atomic mass is 10.2. The van der Waals surface area contributed by atoms with Crippen molar-refractivity contribution < 1.29 is 14.9 Å². The summed E-state index contributed by atoms with van der Waals surface area (Å²) < 4.78 is 0. The smallest absolute Gasteiger partial charge is 0.269 e. The number of phenolic OH excluding ortho intramolecular Hbond substituents is 1. The summed E-state index contributed by atoms with van der Waals surface area (Å²) in [5.41, 5.74) is 1.03. The van der Waals surface area contributed by atoms with Crippen molar-refractivity contribution >= 4 is 23.5 Å². The molecule has 0 radical (unpaired) electrons. The number of nitro groups is 1. The zero-order valence-corrected chi connectivity index (χ0v) is 11.5. The molecule has 0 unspecified atom stereocenters. The number of oxime groups is 1. The Bertz CT molecular complexity index is 688. The Hall–Kier alpha value is -2.60. The number of hydrogen-bond acceptors (Lipinski definition) is 5. The summed E-state index contributed by atoms with van der Waals surface area (Å²) >= 11 is 5.80. The first-order valence-electron chi connectivity index (χ1n) is 5.93. The minimum atomic E-state index is -0.475. The van der Waals surface area contributed by atoms with Crippen molar-refractivity contribution in [3.05, 3.63) is 68.7 Å². The second-order valence-electron chi connectivity index (χ2n) is 4.14. The first kappa shape index (κ1) is 14.8. The Kier molecular flexibility index (Phi) is 4.73. The molecule has 6 nitrogen and oxygen atoms in total. The van der Waals surface area contributed by atoms with Gasteiger partial charge in [-0.25, -0.2) is 0 Å². The van der Waals surface area contributed by atoms with E-state index in [1.54, 1.807) is 18.2 Å². The van der Waals surface area contributed by atoms with Gasteiger partial charge >= 0.3 is 0 Å². The van der Waals surface area contributed by atoms with Crippen LogP contribution in [0.3, 0.4) is 0 Å². The molecule has 0 heterocycles. The third-order valence-electron chi connectivity index (χ3n) is 2.61. The Morgan fingerprint density at radius 3 is 2.90 bits per heavy atom. The van der Waals surface area contributed by atoms with E-state index in [0.29, 0.717) is 16.1 Å². The molecule has 0 bridgehead atoms. The van der Waals surface area contributed by atoms with Crippen LogP contribution in [-0.2, 0) is 11.4 Å². The number of hydrogen-bond donors (Lipinski definition) is 1. The second-order valence-corrected chi connectivity index (χ2v) is 4.57. The van der Waals surface area contributed by atoms with Crippen molar-refractivity contribution in [2.75, 3.05) is 0 Å². The second kappa shape index (κ2) is 6.71. The Balaban J connectivity index is 1.98. The third-order valence-corrected chi connectivity index (χ3v) is 2.84. The highest BCUT2D eigenvalue weighted by atomic mass is 35.5. The molecule has 0 saturated heterocycles. The zero-order valence-electron chi connectivity index (χ0n) is 10.8. The summed E-state index contributed by atoms with van der Waals surface area (Å²) in [6.07, 6.45) is 1.32. The molecule has 7 heteroatoms. The van der Waals surface area contributed by atoms with Crippen molar-refractivity contribution in [2.24, 2.45) is 5.16 Å². The molecule has 2 aromatic rings. The lowest BCUT2D eigenvalue weighted by molar-refractivity contribution is -0.384. The van der Waals surface area contributed by atoms with E-state index in [1.165, 1.54) is 30.5 Å². The van der Waals surface area contributed by atoms with E-state index in [-0.39, 0.29) is 18.0 Å². The Morgan fingerprint density at radius 1 is 1.33 bits per heavy atom. The van der Waals surface area contributed by atoms with Crippen LogP contribution in [0.5, 0.6) is 5.75 Å². The van der Waals surface area contributed by atoms with E-state index < -0.39 is 4.92 Å². The molecule has 2 rings (SSSR count). The summed E-state index contributed by atoms with van der Waals surface area (Å²) in [7, 11) is 0. The standard InChI is InChI=1S/C14H11ClN2O4/c15-12-4-5-14(18)11(7-12)8-16-21-9-10-2-1-3-13(6-10)17(19)20/h1-8,18H,9H2/b16-8+. The molecule has 0 aromatic heterocycles. The number of aromatic hydroxyl groups is 1. The van der Waals surface area contributed by atoms with Crippen LogP contribution in [0.2, 0.25) is 5.02 Å². The predicted molar refractivity (Wildman–Crippen MR) is 78.6 cm³/mol. The fourth-order valence-electron chi connectivity index (χ4n) is 1.59. The lowest BCUT2D eigenvalue weighted by Gasteiger charge is -2.01. The van der Waals surface area contributed by atoms with Gasteiger partial charge < -0.3 is 9.94 Å². The fraction of sp³-hybridized carbons (Fsp3) is 0.0714. The van der Waals surface area contributed by atoms with E-state index in [1.807, 2.05) is 0 Å². The normalized spacial score (nSPS) is 10.7. The van der Waals surface area contributed by atoms with Crippen LogP contribution in [-0.4, -0.2) is 16.2 Å². The average Bonchev–Trinajstić information content (AvgIpc) is 2.47. The lowest BCUT2D eigenvalue weighted by Crippen LogP contribution is -1.92. The van der Waals surface area contributed by atoms with E-state index in [4.69, 9.17) is 16.4 Å². The van der Waals surface area contributed by atoms with E-state index >= 15 is 0 Å². The van der Waals surface area contributed by atoms with Crippen LogP contribution < -0.4 is 0 Å².